The minimum Gasteiger partial charge on any atom is -0.480 e. The topological polar surface area (TPSA) is 66.4 Å². The zero-order valence-corrected chi connectivity index (χ0v) is 10.4. The van der Waals surface area contributed by atoms with Gasteiger partial charge in [-0.15, -0.1) is 0 Å². The Morgan fingerprint density at radius 1 is 1.44 bits per heavy atom. The van der Waals surface area contributed by atoms with E-state index in [4.69, 9.17) is 5.11 Å². The van der Waals surface area contributed by atoms with Crippen molar-refractivity contribution >= 4 is 11.9 Å². The molecule has 0 bridgehead atoms. The summed E-state index contributed by atoms with van der Waals surface area (Å²) in [5, 5.41) is 11.4. The van der Waals surface area contributed by atoms with E-state index in [1.54, 1.807) is 6.92 Å². The molecule has 0 aliphatic carbocycles. The van der Waals surface area contributed by atoms with Crippen LogP contribution in [0.3, 0.4) is 0 Å². The molecule has 1 amide bonds. The summed E-state index contributed by atoms with van der Waals surface area (Å²) >= 11 is 0. The van der Waals surface area contributed by atoms with E-state index in [0.717, 1.165) is 0 Å². The first-order chi connectivity index (χ1) is 8.45. The largest absolute Gasteiger partial charge is 0.480 e. The van der Waals surface area contributed by atoms with Crippen LogP contribution in [0.4, 0.5) is 4.39 Å². The highest BCUT2D eigenvalue weighted by Gasteiger charge is 2.20. The number of nitrogens with one attached hydrogen (secondary N) is 1. The van der Waals surface area contributed by atoms with E-state index < -0.39 is 23.7 Å². The first-order valence-electron chi connectivity index (χ1n) is 5.75. The molecule has 4 nitrogen and oxygen atoms in total. The second kappa shape index (κ2) is 6.14. The van der Waals surface area contributed by atoms with Crippen LogP contribution in [0, 0.1) is 12.7 Å². The van der Waals surface area contributed by atoms with E-state index >= 15 is 0 Å². The summed E-state index contributed by atoms with van der Waals surface area (Å²) in [6, 6.07) is 2.86. The highest BCUT2D eigenvalue weighted by Crippen LogP contribution is 2.10. The summed E-state index contributed by atoms with van der Waals surface area (Å²) in [5.74, 6) is -1.98. The van der Waals surface area contributed by atoms with Crippen LogP contribution in [-0.2, 0) is 4.79 Å². The Balaban J connectivity index is 2.83. The van der Waals surface area contributed by atoms with Crippen LogP contribution in [-0.4, -0.2) is 23.0 Å². The number of hydrogen-bond donors (Lipinski definition) is 2. The number of amides is 1. The van der Waals surface area contributed by atoms with Gasteiger partial charge in [-0.05, 0) is 37.1 Å². The Kier molecular flexibility index (Phi) is 4.83. The number of carbonyl (C=O) groups excluding carboxylic acids is 1. The summed E-state index contributed by atoms with van der Waals surface area (Å²) in [4.78, 5) is 22.8. The van der Waals surface area contributed by atoms with Crippen molar-refractivity contribution in [3.8, 4) is 0 Å². The molecule has 0 aliphatic rings. The second-order valence-electron chi connectivity index (χ2n) is 4.11. The van der Waals surface area contributed by atoms with E-state index in [1.807, 2.05) is 6.92 Å². The fourth-order valence-corrected chi connectivity index (χ4v) is 1.66. The number of carboxylic acids is 1. The number of carbonyl (C=O) groups is 2. The summed E-state index contributed by atoms with van der Waals surface area (Å²) in [7, 11) is 0. The molecular formula is C13H16FNO3. The van der Waals surface area contributed by atoms with Gasteiger partial charge < -0.3 is 10.4 Å². The SMILES string of the molecule is CCC[C@@H](NC(=O)c1ccc(F)cc1C)C(=O)O. The number of aliphatic carboxylic acids is 1. The zero-order valence-electron chi connectivity index (χ0n) is 10.4. The molecule has 0 spiro atoms. The number of halogens is 1. The van der Waals surface area contributed by atoms with E-state index in [-0.39, 0.29) is 0 Å². The number of carboxylic acid groups (broad SMARTS) is 1. The van der Waals surface area contributed by atoms with E-state index in [2.05, 4.69) is 5.32 Å². The maximum Gasteiger partial charge on any atom is 0.326 e. The van der Waals surface area contributed by atoms with Crippen LogP contribution < -0.4 is 5.32 Å². The van der Waals surface area contributed by atoms with Crippen molar-refractivity contribution in [1.29, 1.82) is 0 Å². The average Bonchev–Trinajstić information content (AvgIpc) is 2.27. The Labute approximate surface area is 105 Å². The van der Waals surface area contributed by atoms with Crippen molar-refractivity contribution in [2.24, 2.45) is 0 Å². The molecule has 1 aromatic carbocycles. The molecule has 0 saturated heterocycles. The maximum atomic E-state index is 12.9. The Bertz CT molecular complexity index is 460. The summed E-state index contributed by atoms with van der Waals surface area (Å²) in [6.07, 6.45) is 1.01. The molecule has 0 heterocycles. The van der Waals surface area contributed by atoms with Gasteiger partial charge in [-0.2, -0.15) is 0 Å². The molecule has 0 radical (unpaired) electrons. The molecule has 0 fully saturated rings. The highest BCUT2D eigenvalue weighted by atomic mass is 19.1. The van der Waals surface area contributed by atoms with Crippen molar-refractivity contribution in [3.63, 3.8) is 0 Å². The first-order valence-corrected chi connectivity index (χ1v) is 5.75. The molecular weight excluding hydrogens is 237 g/mol. The quantitative estimate of drug-likeness (QED) is 0.844. The van der Waals surface area contributed by atoms with E-state index in [0.29, 0.717) is 24.0 Å². The van der Waals surface area contributed by atoms with Crippen LogP contribution in [0.2, 0.25) is 0 Å². The molecule has 98 valence electrons. The van der Waals surface area contributed by atoms with Crippen molar-refractivity contribution in [3.05, 3.63) is 35.1 Å². The summed E-state index contributed by atoms with van der Waals surface area (Å²) in [6.45, 7) is 3.44. The molecule has 0 saturated carbocycles. The lowest BCUT2D eigenvalue weighted by molar-refractivity contribution is -0.139. The lowest BCUT2D eigenvalue weighted by Crippen LogP contribution is -2.40. The zero-order chi connectivity index (χ0) is 13.7. The van der Waals surface area contributed by atoms with Gasteiger partial charge in [0.15, 0.2) is 0 Å². The van der Waals surface area contributed by atoms with Gasteiger partial charge in [0.2, 0.25) is 0 Å². The van der Waals surface area contributed by atoms with Crippen molar-refractivity contribution < 1.29 is 19.1 Å². The monoisotopic (exact) mass is 253 g/mol. The number of hydrogen-bond acceptors (Lipinski definition) is 2. The Morgan fingerprint density at radius 3 is 2.61 bits per heavy atom. The molecule has 0 aliphatic heterocycles. The molecule has 0 unspecified atom stereocenters. The standard InChI is InChI=1S/C13H16FNO3/c1-3-4-11(13(17)18)15-12(16)10-6-5-9(14)7-8(10)2/h5-7,11H,3-4H2,1-2H3,(H,15,16)(H,17,18)/t11-/m1/s1. The van der Waals surface area contributed by atoms with Gasteiger partial charge >= 0.3 is 5.97 Å². The molecule has 1 atom stereocenters. The normalized spacial score (nSPS) is 11.9. The van der Waals surface area contributed by atoms with Crippen molar-refractivity contribution in [1.82, 2.24) is 5.32 Å². The van der Waals surface area contributed by atoms with Gasteiger partial charge in [-0.25, -0.2) is 9.18 Å². The Hall–Kier alpha value is -1.91. The van der Waals surface area contributed by atoms with Gasteiger partial charge in [-0.1, -0.05) is 13.3 Å². The van der Waals surface area contributed by atoms with E-state index in [1.165, 1.54) is 18.2 Å². The highest BCUT2D eigenvalue weighted by molar-refractivity contribution is 5.97. The van der Waals surface area contributed by atoms with Crippen molar-refractivity contribution in [2.75, 3.05) is 0 Å². The van der Waals surface area contributed by atoms with E-state index in [9.17, 15) is 14.0 Å². The van der Waals surface area contributed by atoms with Gasteiger partial charge in [0, 0.05) is 5.56 Å². The van der Waals surface area contributed by atoms with Gasteiger partial charge in [0.25, 0.3) is 5.91 Å². The summed E-state index contributed by atoms with van der Waals surface area (Å²) in [5.41, 5.74) is 0.770. The number of benzene rings is 1. The van der Waals surface area contributed by atoms with Crippen LogP contribution >= 0.6 is 0 Å². The smallest absolute Gasteiger partial charge is 0.326 e. The fourth-order valence-electron chi connectivity index (χ4n) is 1.66. The summed E-state index contributed by atoms with van der Waals surface area (Å²) < 4.78 is 12.9. The molecule has 18 heavy (non-hydrogen) atoms. The molecule has 1 rings (SSSR count). The molecule has 2 N–H and O–H groups in total. The molecule has 5 heteroatoms. The fraction of sp³-hybridized carbons (Fsp3) is 0.385. The molecule has 0 aromatic heterocycles. The van der Waals surface area contributed by atoms with Gasteiger partial charge in [-0.3, -0.25) is 4.79 Å². The van der Waals surface area contributed by atoms with Crippen LogP contribution in [0.5, 0.6) is 0 Å². The van der Waals surface area contributed by atoms with Gasteiger partial charge in [0.1, 0.15) is 11.9 Å². The lowest BCUT2D eigenvalue weighted by atomic mass is 10.1. The number of aryl methyl sites for hydroxylation is 1. The van der Waals surface area contributed by atoms with Crippen LogP contribution in [0.15, 0.2) is 18.2 Å². The van der Waals surface area contributed by atoms with Gasteiger partial charge in [0.05, 0.1) is 0 Å². The molecule has 1 aromatic rings. The third-order valence-corrected chi connectivity index (χ3v) is 2.61. The lowest BCUT2D eigenvalue weighted by Gasteiger charge is -2.14. The predicted octanol–water partition coefficient (Wildman–Crippen LogP) is 2.12. The van der Waals surface area contributed by atoms with Crippen LogP contribution in [0.1, 0.15) is 35.7 Å². The van der Waals surface area contributed by atoms with Crippen molar-refractivity contribution in [2.45, 2.75) is 32.7 Å². The minimum absolute atomic E-state index is 0.291. The second-order valence-corrected chi connectivity index (χ2v) is 4.11. The first kappa shape index (κ1) is 14.2. The van der Waals surface area contributed by atoms with Crippen LogP contribution in [0.25, 0.3) is 0 Å². The Morgan fingerprint density at radius 2 is 2.11 bits per heavy atom. The maximum absolute atomic E-state index is 12.9. The third kappa shape index (κ3) is 3.55. The minimum atomic E-state index is -1.06. The predicted molar refractivity (Wildman–Crippen MR) is 64.9 cm³/mol. The third-order valence-electron chi connectivity index (χ3n) is 2.61. The number of rotatable bonds is 5. The average molecular weight is 253 g/mol.